The van der Waals surface area contributed by atoms with Crippen molar-refractivity contribution < 1.29 is 32.3 Å². The largest absolute Gasteiger partial charge is 0.411 e. The van der Waals surface area contributed by atoms with Gasteiger partial charge in [-0.3, -0.25) is 9.79 Å². The minimum absolute atomic E-state index is 0.201. The number of ether oxygens (including phenoxy) is 1. The van der Waals surface area contributed by atoms with Gasteiger partial charge in [0.2, 0.25) is 17.6 Å². The van der Waals surface area contributed by atoms with Crippen molar-refractivity contribution in [2.45, 2.75) is 51.4 Å². The lowest BCUT2D eigenvalue weighted by Gasteiger charge is -2.26. The Balaban J connectivity index is 1.42. The van der Waals surface area contributed by atoms with Crippen LogP contribution in [0.3, 0.4) is 0 Å². The Morgan fingerprint density at radius 2 is 2.08 bits per heavy atom. The fourth-order valence-electron chi connectivity index (χ4n) is 3.78. The smallest absolute Gasteiger partial charge is 0.390 e. The maximum atomic E-state index is 13.2. The minimum atomic E-state index is -4.41. The molecule has 198 valence electrons. The number of carbonyl (C=O) groups is 1. The number of nitrogens with zero attached hydrogens (tertiary/aromatic N) is 4. The Morgan fingerprint density at radius 1 is 1.30 bits per heavy atom. The van der Waals surface area contributed by atoms with Crippen LogP contribution in [0.15, 0.2) is 51.6 Å². The summed E-state index contributed by atoms with van der Waals surface area (Å²) in [6, 6.07) is 4.72. The highest BCUT2D eigenvalue weighted by Gasteiger charge is 2.33. The molecular formula is C25H28F3N5O4. The number of benzene rings is 1. The van der Waals surface area contributed by atoms with Crippen molar-refractivity contribution in [2.75, 3.05) is 25.1 Å². The van der Waals surface area contributed by atoms with Crippen LogP contribution in [0.2, 0.25) is 0 Å². The van der Waals surface area contributed by atoms with Gasteiger partial charge in [0.1, 0.15) is 18.5 Å². The molecule has 0 spiro atoms. The fraction of sp³-hybridized carbons (Fsp3) is 0.440. The van der Waals surface area contributed by atoms with Gasteiger partial charge in [0.15, 0.2) is 0 Å². The quantitative estimate of drug-likeness (QED) is 0.518. The first-order valence-corrected chi connectivity index (χ1v) is 11.7. The van der Waals surface area contributed by atoms with Crippen LogP contribution in [-0.2, 0) is 16.0 Å². The number of nitrogens with one attached hydrogen (secondary N) is 1. The van der Waals surface area contributed by atoms with Crippen LogP contribution in [0.25, 0.3) is 11.4 Å². The van der Waals surface area contributed by atoms with Gasteiger partial charge in [-0.1, -0.05) is 23.4 Å². The van der Waals surface area contributed by atoms with Gasteiger partial charge in [0.05, 0.1) is 18.8 Å². The second kappa shape index (κ2) is 10.5. The average Bonchev–Trinajstić information content (AvgIpc) is 3.45. The number of amidine groups is 1. The van der Waals surface area contributed by atoms with E-state index < -0.39 is 24.4 Å². The van der Waals surface area contributed by atoms with Crippen molar-refractivity contribution in [3.8, 4) is 11.4 Å². The highest BCUT2D eigenvalue weighted by Crippen LogP contribution is 2.26. The summed E-state index contributed by atoms with van der Waals surface area (Å²) in [5.74, 6) is 0.995. The number of fused-ring (bicyclic) bond motifs is 1. The van der Waals surface area contributed by atoms with E-state index in [4.69, 9.17) is 9.26 Å². The van der Waals surface area contributed by atoms with E-state index in [1.165, 1.54) is 0 Å². The summed E-state index contributed by atoms with van der Waals surface area (Å²) in [5, 5.41) is 16.8. The van der Waals surface area contributed by atoms with Crippen molar-refractivity contribution in [1.29, 1.82) is 0 Å². The molecule has 4 rings (SSSR count). The molecule has 1 amide bonds. The number of aromatic nitrogens is 2. The maximum absolute atomic E-state index is 13.2. The molecule has 0 fully saturated rings. The molecule has 0 aliphatic carbocycles. The molecule has 0 radical (unpaired) electrons. The van der Waals surface area contributed by atoms with Gasteiger partial charge in [0.25, 0.3) is 0 Å². The third kappa shape index (κ3) is 7.04. The first kappa shape index (κ1) is 26.6. The number of hydrogen-bond donors (Lipinski definition) is 2. The maximum Gasteiger partial charge on any atom is 0.411 e. The van der Waals surface area contributed by atoms with E-state index in [1.54, 1.807) is 43.2 Å². The van der Waals surface area contributed by atoms with Gasteiger partial charge < -0.3 is 24.6 Å². The molecule has 0 bridgehead atoms. The third-order valence-corrected chi connectivity index (χ3v) is 5.79. The average molecular weight is 520 g/mol. The van der Waals surface area contributed by atoms with Crippen LogP contribution in [0.4, 0.5) is 18.9 Å². The zero-order chi connectivity index (χ0) is 26.8. The summed E-state index contributed by atoms with van der Waals surface area (Å²) in [4.78, 5) is 23.6. The molecule has 37 heavy (non-hydrogen) atoms. The lowest BCUT2D eigenvalue weighted by molar-refractivity contribution is -0.171. The number of hydrogen-bond acceptors (Lipinski definition) is 8. The normalized spacial score (nSPS) is 17.5. The number of halogens is 3. The molecule has 9 nitrogen and oxygen atoms in total. The van der Waals surface area contributed by atoms with Gasteiger partial charge >= 0.3 is 6.18 Å². The number of anilines is 1. The third-order valence-electron chi connectivity index (χ3n) is 5.79. The van der Waals surface area contributed by atoms with Crippen LogP contribution in [0.1, 0.15) is 31.7 Å². The molecule has 2 N–H and O–H groups in total. The Hall–Kier alpha value is -3.51. The van der Waals surface area contributed by atoms with Crippen LogP contribution in [0, 0.1) is 6.92 Å². The summed E-state index contributed by atoms with van der Waals surface area (Å²) in [7, 11) is 0. The molecule has 1 aromatic carbocycles. The van der Waals surface area contributed by atoms with E-state index in [9.17, 15) is 23.1 Å². The summed E-state index contributed by atoms with van der Waals surface area (Å²) in [6.07, 6.45) is 1.35. The summed E-state index contributed by atoms with van der Waals surface area (Å²) in [5.41, 5.74) is 1.67. The Kier molecular flexibility index (Phi) is 7.51. The first-order valence-electron chi connectivity index (χ1n) is 11.7. The van der Waals surface area contributed by atoms with Gasteiger partial charge in [-0.15, -0.1) is 0 Å². The fourth-order valence-corrected chi connectivity index (χ4v) is 3.78. The molecule has 1 atom stereocenters. The zero-order valence-corrected chi connectivity index (χ0v) is 20.7. The van der Waals surface area contributed by atoms with E-state index in [0.717, 1.165) is 5.56 Å². The minimum Gasteiger partial charge on any atom is -0.390 e. The number of carbonyl (C=O) groups excluding carboxylic acids is 1. The van der Waals surface area contributed by atoms with Crippen molar-refractivity contribution in [3.05, 3.63) is 53.6 Å². The van der Waals surface area contributed by atoms with Gasteiger partial charge in [-0.05, 0) is 50.5 Å². The molecule has 2 aromatic rings. The van der Waals surface area contributed by atoms with Crippen LogP contribution in [-0.4, -0.2) is 69.5 Å². The van der Waals surface area contributed by atoms with Gasteiger partial charge in [-0.2, -0.15) is 18.2 Å². The monoisotopic (exact) mass is 519 g/mol. The number of amides is 1. The van der Waals surface area contributed by atoms with E-state index in [2.05, 4.69) is 20.4 Å². The number of aryl methyl sites for hydroxylation is 2. The highest BCUT2D eigenvalue weighted by atomic mass is 19.4. The predicted molar refractivity (Wildman–Crippen MR) is 130 cm³/mol. The Morgan fingerprint density at radius 3 is 2.81 bits per heavy atom. The zero-order valence-electron chi connectivity index (χ0n) is 20.7. The van der Waals surface area contributed by atoms with Crippen LogP contribution < -0.4 is 5.32 Å². The Bertz CT molecular complexity index is 1240. The molecule has 2 aliphatic heterocycles. The molecule has 1 aromatic heterocycles. The summed E-state index contributed by atoms with van der Waals surface area (Å²) >= 11 is 0. The summed E-state index contributed by atoms with van der Waals surface area (Å²) in [6.45, 7) is 3.87. The lowest BCUT2D eigenvalue weighted by Crippen LogP contribution is -2.42. The number of aliphatic imine (C=N–C) groups is 1. The second-order valence-electron chi connectivity index (χ2n) is 9.61. The van der Waals surface area contributed by atoms with Gasteiger partial charge in [0, 0.05) is 23.9 Å². The molecule has 0 saturated heterocycles. The van der Waals surface area contributed by atoms with Crippen molar-refractivity contribution >= 4 is 17.4 Å². The number of rotatable bonds is 9. The van der Waals surface area contributed by atoms with E-state index in [1.807, 2.05) is 19.1 Å². The molecule has 1 unspecified atom stereocenters. The van der Waals surface area contributed by atoms with Crippen molar-refractivity contribution in [3.63, 3.8) is 0 Å². The Labute approximate surface area is 211 Å². The molecule has 0 saturated carbocycles. The van der Waals surface area contributed by atoms with E-state index >= 15 is 0 Å². The number of aliphatic hydroxyl groups is 1. The highest BCUT2D eigenvalue weighted by molar-refractivity contribution is 6.04. The van der Waals surface area contributed by atoms with Crippen LogP contribution >= 0.6 is 0 Å². The molecular weight excluding hydrogens is 491 g/mol. The van der Waals surface area contributed by atoms with E-state index in [0.29, 0.717) is 47.2 Å². The predicted octanol–water partition coefficient (Wildman–Crippen LogP) is 3.80. The molecule has 3 heterocycles. The summed E-state index contributed by atoms with van der Waals surface area (Å²) < 4.78 is 47.2. The standard InChI is InChI=1S/C25H28F3N5O4/c1-15-4-6-17(22-31-21(37-32-22)8-9-24(2,3)35)10-18(15)30-23(34)19-11-29-20-7-5-16(12-33(19)20)13-36-14-25(26,27)28/h4-7,10,12,19,35H,8-9,11,13-14H2,1-3H3,(H,30,34). The molecule has 12 heteroatoms. The van der Waals surface area contributed by atoms with Crippen molar-refractivity contribution in [2.24, 2.45) is 4.99 Å². The first-order chi connectivity index (χ1) is 17.4. The van der Waals surface area contributed by atoms with Crippen LogP contribution in [0.5, 0.6) is 0 Å². The lowest BCUT2D eigenvalue weighted by atomic mass is 10.0. The second-order valence-corrected chi connectivity index (χ2v) is 9.61. The SMILES string of the molecule is Cc1ccc(-c2noc(CCC(C)(C)O)n2)cc1NC(=O)C1CN=C2C=CC(COCC(F)(F)F)=CN21. The topological polar surface area (TPSA) is 113 Å². The van der Waals surface area contributed by atoms with Crippen molar-refractivity contribution in [1.82, 2.24) is 15.0 Å². The van der Waals surface area contributed by atoms with Gasteiger partial charge in [-0.25, -0.2) is 0 Å². The number of alkyl halides is 3. The molecule has 2 aliphatic rings. The van der Waals surface area contributed by atoms with E-state index in [-0.39, 0.29) is 19.1 Å².